The number of anilines is 2. The third kappa shape index (κ3) is 2.95. The quantitative estimate of drug-likeness (QED) is 0.847. The molecule has 0 fully saturated rings. The number of ether oxygens (including phenoxy) is 1. The molecule has 1 aliphatic rings. The summed E-state index contributed by atoms with van der Waals surface area (Å²) in [5, 5.41) is 7.18. The Kier molecular flexibility index (Phi) is 4.12. The van der Waals surface area contributed by atoms with Gasteiger partial charge in [0.1, 0.15) is 4.88 Å². The van der Waals surface area contributed by atoms with Crippen molar-refractivity contribution in [1.29, 1.82) is 0 Å². The van der Waals surface area contributed by atoms with Crippen LogP contribution in [0.4, 0.5) is 11.4 Å². The first-order valence-electron chi connectivity index (χ1n) is 6.95. The maximum Gasteiger partial charge on any atom is 0.350 e. The molecule has 1 aliphatic heterocycles. The Balaban J connectivity index is 1.86. The Bertz CT molecular complexity index is 784. The third-order valence-electron chi connectivity index (χ3n) is 3.61. The first-order valence-corrected chi connectivity index (χ1v) is 7.83. The first-order chi connectivity index (χ1) is 11.1. The number of thiophene rings is 1. The summed E-state index contributed by atoms with van der Waals surface area (Å²) in [5.41, 5.74) is 1.80. The lowest BCUT2D eigenvalue weighted by Crippen LogP contribution is -2.31. The van der Waals surface area contributed by atoms with Crippen LogP contribution >= 0.6 is 11.3 Å². The maximum atomic E-state index is 12.6. The minimum Gasteiger partial charge on any atom is -0.465 e. The minimum absolute atomic E-state index is 0.0700. The molecule has 23 heavy (non-hydrogen) atoms. The molecule has 0 spiro atoms. The summed E-state index contributed by atoms with van der Waals surface area (Å²) >= 11 is 1.19. The van der Waals surface area contributed by atoms with Gasteiger partial charge in [-0.05, 0) is 23.1 Å². The van der Waals surface area contributed by atoms with Crippen LogP contribution in [0.3, 0.4) is 0 Å². The number of methoxy groups -OCH3 is 1. The zero-order chi connectivity index (χ0) is 16.4. The van der Waals surface area contributed by atoms with Gasteiger partial charge in [-0.15, -0.1) is 11.3 Å². The molecule has 0 aliphatic carbocycles. The van der Waals surface area contributed by atoms with E-state index in [1.807, 2.05) is 12.1 Å². The molecule has 0 saturated carbocycles. The number of fused-ring (bicyclic) bond motifs is 1. The Hall–Kier alpha value is -2.67. The lowest BCUT2D eigenvalue weighted by atomic mass is 9.90. The van der Waals surface area contributed by atoms with Crippen molar-refractivity contribution >= 4 is 40.5 Å². The molecular formula is C16H14N2O4S. The monoisotopic (exact) mass is 330 g/mol. The van der Waals surface area contributed by atoms with Gasteiger partial charge < -0.3 is 15.4 Å². The average molecular weight is 330 g/mol. The van der Waals surface area contributed by atoms with Crippen molar-refractivity contribution in [3.63, 3.8) is 0 Å². The van der Waals surface area contributed by atoms with Crippen LogP contribution in [0.25, 0.3) is 0 Å². The summed E-state index contributed by atoms with van der Waals surface area (Å²) in [6, 6.07) is 8.84. The molecule has 1 unspecified atom stereocenters. The highest BCUT2D eigenvalue weighted by Crippen LogP contribution is 2.33. The van der Waals surface area contributed by atoms with Gasteiger partial charge in [0.25, 0.3) is 0 Å². The number of esters is 1. The van der Waals surface area contributed by atoms with Crippen molar-refractivity contribution in [1.82, 2.24) is 0 Å². The van der Waals surface area contributed by atoms with E-state index in [1.165, 1.54) is 18.4 Å². The zero-order valence-corrected chi connectivity index (χ0v) is 13.1. The van der Waals surface area contributed by atoms with Crippen molar-refractivity contribution in [3.8, 4) is 0 Å². The number of benzene rings is 1. The predicted molar refractivity (Wildman–Crippen MR) is 86.7 cm³/mol. The predicted octanol–water partition coefficient (Wildman–Crippen LogP) is 2.60. The largest absolute Gasteiger partial charge is 0.465 e. The Morgan fingerprint density at radius 3 is 2.87 bits per heavy atom. The molecule has 7 heteroatoms. The van der Waals surface area contributed by atoms with Crippen LogP contribution in [0, 0.1) is 0 Å². The van der Waals surface area contributed by atoms with E-state index in [9.17, 15) is 14.4 Å². The van der Waals surface area contributed by atoms with Crippen LogP contribution < -0.4 is 10.6 Å². The second kappa shape index (κ2) is 6.21. The highest BCUT2D eigenvalue weighted by atomic mass is 32.1. The van der Waals surface area contributed by atoms with Crippen LogP contribution in [-0.2, 0) is 14.3 Å². The number of hydrogen-bond donors (Lipinski definition) is 2. The highest BCUT2D eigenvalue weighted by Gasteiger charge is 2.31. The van der Waals surface area contributed by atoms with Crippen LogP contribution in [0.5, 0.6) is 0 Å². The zero-order valence-electron chi connectivity index (χ0n) is 12.3. The van der Waals surface area contributed by atoms with Crippen LogP contribution in [0.2, 0.25) is 0 Å². The fraction of sp³-hybridized carbons (Fsp3) is 0.188. The van der Waals surface area contributed by atoms with Crippen LogP contribution in [-0.4, -0.2) is 24.9 Å². The molecule has 2 amide bonds. The molecule has 0 saturated heterocycles. The molecule has 0 radical (unpaired) electrons. The number of amides is 2. The minimum atomic E-state index is -0.592. The number of nitrogens with one attached hydrogen (secondary N) is 2. The normalized spacial score (nSPS) is 16.2. The molecule has 6 nitrogen and oxygen atoms in total. The summed E-state index contributed by atoms with van der Waals surface area (Å²) in [7, 11) is 1.29. The number of rotatable bonds is 3. The Labute approximate surface area is 136 Å². The lowest BCUT2D eigenvalue weighted by Gasteiger charge is -2.24. The van der Waals surface area contributed by atoms with Crippen molar-refractivity contribution in [2.75, 3.05) is 17.7 Å². The highest BCUT2D eigenvalue weighted by molar-refractivity contribution is 7.12. The van der Waals surface area contributed by atoms with Gasteiger partial charge in [-0.25, -0.2) is 4.79 Å². The van der Waals surface area contributed by atoms with Gasteiger partial charge in [0, 0.05) is 12.1 Å². The second-order valence-corrected chi connectivity index (χ2v) is 5.95. The Morgan fingerprint density at radius 2 is 2.09 bits per heavy atom. The van der Waals surface area contributed by atoms with Gasteiger partial charge in [-0.3, -0.25) is 9.59 Å². The topological polar surface area (TPSA) is 84.5 Å². The van der Waals surface area contributed by atoms with Crippen molar-refractivity contribution in [3.05, 3.63) is 46.2 Å². The molecule has 3 rings (SSSR count). The number of carbonyl (C=O) groups is 3. The van der Waals surface area contributed by atoms with Gasteiger partial charge in [0.05, 0.1) is 18.7 Å². The average Bonchev–Trinajstić information content (AvgIpc) is 3.01. The molecule has 2 N–H and O–H groups in total. The Morgan fingerprint density at radius 1 is 1.30 bits per heavy atom. The smallest absolute Gasteiger partial charge is 0.350 e. The third-order valence-corrected chi connectivity index (χ3v) is 4.50. The van der Waals surface area contributed by atoms with Crippen molar-refractivity contribution in [2.24, 2.45) is 0 Å². The van der Waals surface area contributed by atoms with Gasteiger partial charge in [0.2, 0.25) is 11.8 Å². The van der Waals surface area contributed by atoms with Crippen LogP contribution in [0.15, 0.2) is 35.7 Å². The molecule has 1 atom stereocenters. The summed E-state index contributed by atoms with van der Waals surface area (Å²) in [6.45, 7) is 0. The van der Waals surface area contributed by atoms with E-state index < -0.39 is 11.9 Å². The van der Waals surface area contributed by atoms with Crippen molar-refractivity contribution < 1.29 is 19.1 Å². The van der Waals surface area contributed by atoms with E-state index in [-0.39, 0.29) is 18.2 Å². The summed E-state index contributed by atoms with van der Waals surface area (Å²) in [6.07, 6.45) is 0.0700. The molecule has 118 valence electrons. The van der Waals surface area contributed by atoms with Crippen molar-refractivity contribution in [2.45, 2.75) is 12.3 Å². The van der Waals surface area contributed by atoms with Gasteiger partial charge in [0.15, 0.2) is 0 Å². The number of hydrogen-bond acceptors (Lipinski definition) is 5. The molecule has 1 aromatic heterocycles. The summed E-state index contributed by atoms with van der Waals surface area (Å²) in [5.74, 6) is -1.62. The first kappa shape index (κ1) is 15.2. The van der Waals surface area contributed by atoms with E-state index in [1.54, 1.807) is 23.6 Å². The molecule has 2 aromatic rings. The molecule has 1 aromatic carbocycles. The fourth-order valence-corrected chi connectivity index (χ4v) is 3.29. The van der Waals surface area contributed by atoms with E-state index >= 15 is 0 Å². The molecule has 2 heterocycles. The molecule has 0 bridgehead atoms. The number of carbonyl (C=O) groups excluding carboxylic acids is 3. The standard InChI is InChI=1S/C16H14N2O4S/c1-22-16(21)14-12(6-7-23-14)18-15(20)10-8-13(19)17-11-5-3-2-4-9(10)11/h2-7,10H,8H2,1H3,(H,17,19)(H,18,20). The van der Waals surface area contributed by atoms with E-state index in [0.717, 1.165) is 5.56 Å². The summed E-state index contributed by atoms with van der Waals surface area (Å²) < 4.78 is 4.69. The van der Waals surface area contributed by atoms with Crippen LogP contribution in [0.1, 0.15) is 27.6 Å². The van der Waals surface area contributed by atoms with E-state index in [0.29, 0.717) is 16.3 Å². The summed E-state index contributed by atoms with van der Waals surface area (Å²) in [4.78, 5) is 36.4. The van der Waals surface area contributed by atoms with Gasteiger partial charge in [-0.2, -0.15) is 0 Å². The SMILES string of the molecule is COC(=O)c1sccc1NC(=O)C1CC(=O)Nc2ccccc21. The van der Waals surface area contributed by atoms with E-state index in [2.05, 4.69) is 10.6 Å². The second-order valence-electron chi connectivity index (χ2n) is 5.04. The molecular weight excluding hydrogens is 316 g/mol. The van der Waals surface area contributed by atoms with E-state index in [4.69, 9.17) is 4.74 Å². The van der Waals surface area contributed by atoms with Gasteiger partial charge >= 0.3 is 5.97 Å². The lowest BCUT2D eigenvalue weighted by molar-refractivity contribution is -0.123. The van der Waals surface area contributed by atoms with Gasteiger partial charge in [-0.1, -0.05) is 18.2 Å². The number of para-hydroxylation sites is 1. The maximum absolute atomic E-state index is 12.6. The fourth-order valence-electron chi connectivity index (χ4n) is 2.52.